The second-order valence-electron chi connectivity index (χ2n) is 8.14. The van der Waals surface area contributed by atoms with Gasteiger partial charge in [0.05, 0.1) is 12.0 Å². The molecule has 0 saturated carbocycles. The summed E-state index contributed by atoms with van der Waals surface area (Å²) in [5.74, 6) is -0.683. The Labute approximate surface area is 188 Å². The van der Waals surface area contributed by atoms with E-state index < -0.39 is 18.5 Å². The molecule has 0 spiro atoms. The summed E-state index contributed by atoms with van der Waals surface area (Å²) in [7, 11) is -1.75. The van der Waals surface area contributed by atoms with Crippen molar-refractivity contribution in [1.82, 2.24) is 19.4 Å². The number of likely N-dealkylation sites (N-methyl/N-ethyl adjacent to an activating group) is 1. The average molecular weight is 444 g/mol. The highest BCUT2D eigenvalue weighted by molar-refractivity contribution is 6.58. The van der Waals surface area contributed by atoms with Crippen LogP contribution in [0.25, 0.3) is 11.0 Å². The van der Waals surface area contributed by atoms with Gasteiger partial charge >= 0.3 is 13.1 Å². The maximum atomic E-state index is 13.0. The molecule has 32 heavy (non-hydrogen) atoms. The number of aromatic nitrogens is 2. The second kappa shape index (κ2) is 11.0. The van der Waals surface area contributed by atoms with Gasteiger partial charge in [0.2, 0.25) is 5.43 Å². The molecule has 10 heteroatoms. The molecule has 0 amide bonds. The fourth-order valence-corrected chi connectivity index (χ4v) is 4.31. The Bertz CT molecular complexity index is 992. The van der Waals surface area contributed by atoms with Crippen LogP contribution in [0.5, 0.6) is 0 Å². The summed E-state index contributed by atoms with van der Waals surface area (Å²) >= 11 is 0. The Morgan fingerprint density at radius 3 is 2.72 bits per heavy atom. The van der Waals surface area contributed by atoms with Gasteiger partial charge in [0.1, 0.15) is 11.2 Å². The molecule has 1 atom stereocenters. The zero-order valence-electron chi connectivity index (χ0n) is 19.2. The van der Waals surface area contributed by atoms with Gasteiger partial charge in [0.15, 0.2) is 0 Å². The lowest BCUT2D eigenvalue weighted by molar-refractivity contribution is 0.0523. The van der Waals surface area contributed by atoms with Gasteiger partial charge in [-0.05, 0) is 45.5 Å². The van der Waals surface area contributed by atoms with Gasteiger partial charge in [-0.25, -0.2) is 9.78 Å². The maximum absolute atomic E-state index is 13.0. The smallest absolute Gasteiger partial charge is 0.462 e. The van der Waals surface area contributed by atoms with Crippen LogP contribution in [0.4, 0.5) is 0 Å². The lowest BCUT2D eigenvalue weighted by Crippen LogP contribution is -2.42. The normalized spacial score (nSPS) is 17.1. The van der Waals surface area contributed by atoms with Gasteiger partial charge in [0.25, 0.3) is 0 Å². The van der Waals surface area contributed by atoms with E-state index in [1.165, 1.54) is 12.3 Å². The Kier molecular flexibility index (Phi) is 8.41. The van der Waals surface area contributed by atoms with Crippen LogP contribution in [-0.4, -0.2) is 88.4 Å². The Morgan fingerprint density at radius 2 is 2.06 bits per heavy atom. The van der Waals surface area contributed by atoms with E-state index >= 15 is 0 Å². The van der Waals surface area contributed by atoms with E-state index in [0.29, 0.717) is 5.65 Å². The molecule has 2 aromatic rings. The van der Waals surface area contributed by atoms with Crippen molar-refractivity contribution in [3.63, 3.8) is 0 Å². The molecule has 1 aliphatic heterocycles. The molecule has 2 aromatic heterocycles. The van der Waals surface area contributed by atoms with Crippen molar-refractivity contribution in [2.75, 3.05) is 45.9 Å². The molecular weight excluding hydrogens is 411 g/mol. The van der Waals surface area contributed by atoms with Gasteiger partial charge in [0, 0.05) is 43.5 Å². The van der Waals surface area contributed by atoms with Crippen molar-refractivity contribution in [3.05, 3.63) is 34.2 Å². The highest BCUT2D eigenvalue weighted by atomic mass is 16.5. The number of rotatable bonds is 9. The molecular formula is C22H33BN4O5. The largest absolute Gasteiger partial charge is 0.490 e. The third-order valence-corrected chi connectivity index (χ3v) is 6.18. The van der Waals surface area contributed by atoms with Crippen molar-refractivity contribution in [2.45, 2.75) is 39.7 Å². The Morgan fingerprint density at radius 1 is 1.31 bits per heavy atom. The lowest BCUT2D eigenvalue weighted by Gasteiger charge is -2.35. The van der Waals surface area contributed by atoms with Gasteiger partial charge in [-0.2, -0.15) is 0 Å². The first-order valence-corrected chi connectivity index (χ1v) is 11.4. The van der Waals surface area contributed by atoms with Gasteiger partial charge in [-0.3, -0.25) is 4.79 Å². The fraction of sp³-hybridized carbons (Fsp3) is 0.591. The van der Waals surface area contributed by atoms with Crippen LogP contribution < -0.4 is 10.9 Å². The summed E-state index contributed by atoms with van der Waals surface area (Å²) in [5.41, 5.74) is -0.0420. The number of pyridine rings is 2. The van der Waals surface area contributed by atoms with E-state index in [0.717, 1.165) is 52.1 Å². The number of nitrogens with zero attached hydrogens (tertiary/aromatic N) is 4. The summed E-state index contributed by atoms with van der Waals surface area (Å²) in [6.07, 6.45) is 4.81. The molecule has 2 N–H and O–H groups in total. The van der Waals surface area contributed by atoms with E-state index in [4.69, 9.17) is 4.74 Å². The van der Waals surface area contributed by atoms with Gasteiger partial charge < -0.3 is 29.2 Å². The van der Waals surface area contributed by atoms with E-state index in [1.807, 2.05) is 4.57 Å². The number of hydrogen-bond acceptors (Lipinski definition) is 8. The molecule has 0 radical (unpaired) electrons. The number of piperidine rings is 1. The van der Waals surface area contributed by atoms with Crippen LogP contribution in [0.2, 0.25) is 0 Å². The zero-order valence-corrected chi connectivity index (χ0v) is 19.2. The molecule has 0 bridgehead atoms. The predicted molar refractivity (Wildman–Crippen MR) is 124 cm³/mol. The van der Waals surface area contributed by atoms with Gasteiger partial charge in [-0.1, -0.05) is 13.8 Å². The molecule has 3 heterocycles. The van der Waals surface area contributed by atoms with E-state index in [-0.39, 0.29) is 29.1 Å². The SMILES string of the molecule is CCOC(=O)c1cn([C@H]2CCCN(CCN(CC)CC)C2)c2ncc(B(O)O)cc2c1=O. The quantitative estimate of drug-likeness (QED) is 0.418. The minimum absolute atomic E-state index is 0.0362. The molecule has 0 unspecified atom stereocenters. The van der Waals surface area contributed by atoms with E-state index in [1.54, 1.807) is 13.1 Å². The Balaban J connectivity index is 1.99. The van der Waals surface area contributed by atoms with Crippen molar-refractivity contribution in [2.24, 2.45) is 0 Å². The van der Waals surface area contributed by atoms with Crippen molar-refractivity contribution in [3.8, 4) is 0 Å². The summed E-state index contributed by atoms with van der Waals surface area (Å²) in [5, 5.41) is 19.3. The predicted octanol–water partition coefficient (Wildman–Crippen LogP) is 0.232. The fourth-order valence-electron chi connectivity index (χ4n) is 4.31. The lowest BCUT2D eigenvalue weighted by atomic mass is 9.81. The minimum atomic E-state index is -1.75. The summed E-state index contributed by atoms with van der Waals surface area (Å²) < 4.78 is 6.99. The summed E-state index contributed by atoms with van der Waals surface area (Å²) in [6, 6.07) is 1.43. The van der Waals surface area contributed by atoms with Crippen LogP contribution >= 0.6 is 0 Å². The van der Waals surface area contributed by atoms with Crippen molar-refractivity contribution in [1.29, 1.82) is 0 Å². The third kappa shape index (κ3) is 5.37. The van der Waals surface area contributed by atoms with Gasteiger partial charge in [-0.15, -0.1) is 0 Å². The molecule has 0 aliphatic carbocycles. The standard InChI is InChI=1S/C22H33BN4O5/c1-4-25(5-2)10-11-26-9-7-8-17(14-26)27-15-19(22(29)32-6-3)20(28)18-12-16(23(30)31)13-24-21(18)27/h12-13,15,17,30-31H,4-11,14H2,1-3H3/t17-/m0/s1. The van der Waals surface area contributed by atoms with Crippen LogP contribution in [-0.2, 0) is 4.74 Å². The van der Waals surface area contributed by atoms with Crippen molar-refractivity contribution < 1.29 is 19.6 Å². The van der Waals surface area contributed by atoms with Crippen molar-refractivity contribution >= 4 is 29.6 Å². The van der Waals surface area contributed by atoms with Crippen LogP contribution in [0.15, 0.2) is 23.3 Å². The maximum Gasteiger partial charge on any atom is 0.490 e. The topological polar surface area (TPSA) is 108 Å². The molecule has 1 saturated heterocycles. The third-order valence-electron chi connectivity index (χ3n) is 6.18. The number of esters is 1. The summed E-state index contributed by atoms with van der Waals surface area (Å²) in [6.45, 7) is 11.9. The molecule has 0 aromatic carbocycles. The Hall–Kier alpha value is -2.27. The van der Waals surface area contributed by atoms with E-state index in [9.17, 15) is 19.6 Å². The average Bonchev–Trinajstić information content (AvgIpc) is 2.80. The number of carbonyl (C=O) groups excluding carboxylic acids is 1. The van der Waals surface area contributed by atoms with Crippen LogP contribution in [0, 0.1) is 0 Å². The molecule has 1 aliphatic rings. The first kappa shape index (κ1) is 24.4. The highest BCUT2D eigenvalue weighted by Gasteiger charge is 2.26. The summed E-state index contributed by atoms with van der Waals surface area (Å²) in [4.78, 5) is 34.7. The van der Waals surface area contributed by atoms with Crippen LogP contribution in [0.1, 0.15) is 50.0 Å². The number of fused-ring (bicyclic) bond motifs is 1. The first-order valence-electron chi connectivity index (χ1n) is 11.4. The highest BCUT2D eigenvalue weighted by Crippen LogP contribution is 2.24. The molecule has 174 valence electrons. The van der Waals surface area contributed by atoms with E-state index in [2.05, 4.69) is 28.6 Å². The first-order chi connectivity index (χ1) is 15.4. The molecule has 9 nitrogen and oxygen atoms in total. The number of hydrogen-bond donors (Lipinski definition) is 2. The minimum Gasteiger partial charge on any atom is -0.462 e. The number of likely N-dealkylation sites (tertiary alicyclic amines) is 1. The monoisotopic (exact) mass is 444 g/mol. The zero-order chi connectivity index (χ0) is 23.3. The molecule has 3 rings (SSSR count). The number of ether oxygens (including phenoxy) is 1. The second-order valence-corrected chi connectivity index (χ2v) is 8.14. The molecule has 1 fully saturated rings. The van der Waals surface area contributed by atoms with Crippen LogP contribution in [0.3, 0.4) is 0 Å². The number of carbonyl (C=O) groups is 1.